The van der Waals surface area contributed by atoms with Crippen LogP contribution in [0.1, 0.15) is 39.0 Å². The van der Waals surface area contributed by atoms with E-state index in [0.717, 1.165) is 32.5 Å². The molecule has 22 heavy (non-hydrogen) atoms. The molecule has 1 heterocycles. The Balaban J connectivity index is 1.49. The summed E-state index contributed by atoms with van der Waals surface area (Å²) < 4.78 is 37.0. The van der Waals surface area contributed by atoms with Crippen LogP contribution in [0.15, 0.2) is 23.8 Å². The van der Waals surface area contributed by atoms with Gasteiger partial charge >= 0.3 is 0 Å². The van der Waals surface area contributed by atoms with Crippen molar-refractivity contribution < 1.29 is 18.3 Å². The van der Waals surface area contributed by atoms with Gasteiger partial charge in [-0.2, -0.15) is 0 Å². The smallest absolute Gasteiger partial charge is 0.241 e. The molecule has 124 valence electrons. The van der Waals surface area contributed by atoms with Gasteiger partial charge in [0, 0.05) is 17.8 Å². The van der Waals surface area contributed by atoms with Gasteiger partial charge in [0.2, 0.25) is 6.43 Å². The molecular weight excluding hydrogens is 286 g/mol. The second kappa shape index (κ2) is 7.22. The fourth-order valence-corrected chi connectivity index (χ4v) is 3.72. The summed E-state index contributed by atoms with van der Waals surface area (Å²) in [7, 11) is 0. The van der Waals surface area contributed by atoms with Gasteiger partial charge in [0.05, 0.1) is 13.2 Å². The van der Waals surface area contributed by atoms with Crippen LogP contribution in [0.3, 0.4) is 0 Å². The summed E-state index contributed by atoms with van der Waals surface area (Å²) in [6.45, 7) is 3.66. The molecule has 2 aliphatic carbocycles. The van der Waals surface area contributed by atoms with Crippen LogP contribution in [0, 0.1) is 23.7 Å². The average Bonchev–Trinajstić information content (AvgIpc) is 2.56. The van der Waals surface area contributed by atoms with Gasteiger partial charge in [-0.15, -0.1) is 0 Å². The fourth-order valence-electron chi connectivity index (χ4n) is 3.72. The molecule has 1 saturated carbocycles. The highest BCUT2D eigenvalue weighted by Crippen LogP contribution is 2.38. The molecule has 3 aliphatic rings. The molecule has 0 radical (unpaired) electrons. The normalized spacial score (nSPS) is 39.8. The second-order valence-corrected chi connectivity index (χ2v) is 7.05. The number of alkyl halides is 2. The summed E-state index contributed by atoms with van der Waals surface area (Å²) in [5, 5.41) is 0. The maximum atomic E-state index is 12.7. The van der Waals surface area contributed by atoms with Crippen molar-refractivity contribution in [3.8, 4) is 0 Å². The van der Waals surface area contributed by atoms with E-state index in [1.54, 1.807) is 0 Å². The van der Waals surface area contributed by atoms with E-state index in [4.69, 9.17) is 9.47 Å². The van der Waals surface area contributed by atoms with Crippen molar-refractivity contribution in [2.75, 3.05) is 13.2 Å². The van der Waals surface area contributed by atoms with Crippen molar-refractivity contribution in [2.24, 2.45) is 23.7 Å². The summed E-state index contributed by atoms with van der Waals surface area (Å²) >= 11 is 0. The largest absolute Gasteiger partial charge is 0.352 e. The van der Waals surface area contributed by atoms with Crippen molar-refractivity contribution in [2.45, 2.75) is 51.7 Å². The van der Waals surface area contributed by atoms with Crippen LogP contribution >= 0.6 is 0 Å². The maximum absolute atomic E-state index is 12.7. The molecule has 1 atom stereocenters. The van der Waals surface area contributed by atoms with E-state index in [1.165, 1.54) is 5.57 Å². The Kier molecular flexibility index (Phi) is 5.29. The molecule has 0 N–H and O–H groups in total. The third-order valence-corrected chi connectivity index (χ3v) is 5.20. The minimum Gasteiger partial charge on any atom is -0.352 e. The minimum atomic E-state index is -2.15. The molecule has 0 bridgehead atoms. The quantitative estimate of drug-likeness (QED) is 0.760. The second-order valence-electron chi connectivity index (χ2n) is 7.05. The number of rotatable bonds is 3. The third kappa shape index (κ3) is 3.77. The zero-order valence-corrected chi connectivity index (χ0v) is 13.2. The molecular formula is C18H26F2O2. The first-order chi connectivity index (χ1) is 10.6. The van der Waals surface area contributed by atoms with Crippen LogP contribution in [0.5, 0.6) is 0 Å². The van der Waals surface area contributed by atoms with E-state index in [0.29, 0.717) is 24.7 Å². The summed E-state index contributed by atoms with van der Waals surface area (Å²) in [4.78, 5) is 0. The Morgan fingerprint density at radius 2 is 1.77 bits per heavy atom. The fraction of sp³-hybridized carbons (Fsp3) is 0.778. The summed E-state index contributed by atoms with van der Waals surface area (Å²) in [6, 6.07) is 0. The lowest BCUT2D eigenvalue weighted by molar-refractivity contribution is -0.214. The van der Waals surface area contributed by atoms with Gasteiger partial charge in [0.25, 0.3) is 0 Å². The molecule has 0 amide bonds. The monoisotopic (exact) mass is 312 g/mol. The van der Waals surface area contributed by atoms with Crippen molar-refractivity contribution in [1.82, 2.24) is 0 Å². The number of halogens is 2. The number of hydrogen-bond donors (Lipinski definition) is 0. The number of hydrogen-bond acceptors (Lipinski definition) is 2. The summed E-state index contributed by atoms with van der Waals surface area (Å²) in [6.07, 6.45) is 8.38. The lowest BCUT2D eigenvalue weighted by Crippen LogP contribution is -2.35. The molecule has 3 rings (SSSR count). The molecule has 4 heteroatoms. The first kappa shape index (κ1) is 16.1. The van der Waals surface area contributed by atoms with Gasteiger partial charge in [0.1, 0.15) is 0 Å². The third-order valence-electron chi connectivity index (χ3n) is 5.20. The molecule has 1 unspecified atom stereocenters. The molecule has 1 saturated heterocycles. The highest BCUT2D eigenvalue weighted by atomic mass is 19.3. The van der Waals surface area contributed by atoms with E-state index in [2.05, 4.69) is 25.2 Å². The van der Waals surface area contributed by atoms with Gasteiger partial charge in [0.15, 0.2) is 6.29 Å². The Morgan fingerprint density at radius 1 is 1.09 bits per heavy atom. The van der Waals surface area contributed by atoms with E-state index in [-0.39, 0.29) is 18.1 Å². The highest BCUT2D eigenvalue weighted by Gasteiger charge is 2.31. The van der Waals surface area contributed by atoms with E-state index in [9.17, 15) is 8.78 Å². The SMILES string of the molecule is CC1COC(C2C=CC(C3CCC(C(F)F)CC3)=CC2)OC1. The Hall–Kier alpha value is -0.740. The van der Waals surface area contributed by atoms with Gasteiger partial charge in [-0.3, -0.25) is 0 Å². The van der Waals surface area contributed by atoms with Crippen LogP contribution in [-0.2, 0) is 9.47 Å². The predicted molar refractivity (Wildman–Crippen MR) is 81.6 cm³/mol. The zero-order valence-electron chi connectivity index (χ0n) is 13.2. The van der Waals surface area contributed by atoms with Crippen molar-refractivity contribution in [1.29, 1.82) is 0 Å². The predicted octanol–water partition coefficient (Wildman–Crippen LogP) is 4.57. The van der Waals surface area contributed by atoms with Crippen LogP contribution < -0.4 is 0 Å². The minimum absolute atomic E-state index is 0.125. The zero-order chi connectivity index (χ0) is 15.5. The topological polar surface area (TPSA) is 18.5 Å². The summed E-state index contributed by atoms with van der Waals surface area (Å²) in [5.41, 5.74) is 1.33. The first-order valence-electron chi connectivity index (χ1n) is 8.53. The van der Waals surface area contributed by atoms with Crippen LogP contribution in [0.25, 0.3) is 0 Å². The Bertz CT molecular complexity index is 417. The number of allylic oxidation sites excluding steroid dienone is 3. The van der Waals surface area contributed by atoms with Gasteiger partial charge in [-0.1, -0.05) is 25.2 Å². The van der Waals surface area contributed by atoms with Crippen molar-refractivity contribution in [3.05, 3.63) is 23.8 Å². The Labute approximate surface area is 131 Å². The summed E-state index contributed by atoms with van der Waals surface area (Å²) in [5.74, 6) is 0.831. The maximum Gasteiger partial charge on any atom is 0.241 e. The average molecular weight is 312 g/mol. The van der Waals surface area contributed by atoms with E-state index < -0.39 is 6.43 Å². The lowest BCUT2D eigenvalue weighted by Gasteiger charge is -2.34. The van der Waals surface area contributed by atoms with E-state index >= 15 is 0 Å². The molecule has 0 aromatic rings. The molecule has 1 aliphatic heterocycles. The van der Waals surface area contributed by atoms with Crippen LogP contribution in [0.4, 0.5) is 8.78 Å². The van der Waals surface area contributed by atoms with Gasteiger partial charge in [-0.05, 0) is 43.6 Å². The highest BCUT2D eigenvalue weighted by molar-refractivity contribution is 5.27. The molecule has 0 spiro atoms. The van der Waals surface area contributed by atoms with Crippen molar-refractivity contribution in [3.63, 3.8) is 0 Å². The van der Waals surface area contributed by atoms with Crippen molar-refractivity contribution >= 4 is 0 Å². The van der Waals surface area contributed by atoms with Crippen LogP contribution in [-0.4, -0.2) is 25.9 Å². The van der Waals surface area contributed by atoms with Crippen LogP contribution in [0.2, 0.25) is 0 Å². The molecule has 0 aromatic heterocycles. The lowest BCUT2D eigenvalue weighted by atomic mass is 9.76. The van der Waals surface area contributed by atoms with E-state index in [1.807, 2.05) is 0 Å². The first-order valence-corrected chi connectivity index (χ1v) is 8.53. The van der Waals surface area contributed by atoms with Gasteiger partial charge in [-0.25, -0.2) is 8.78 Å². The molecule has 0 aromatic carbocycles. The Morgan fingerprint density at radius 3 is 2.32 bits per heavy atom. The number of ether oxygens (including phenoxy) is 2. The molecule has 2 nitrogen and oxygen atoms in total. The van der Waals surface area contributed by atoms with Gasteiger partial charge < -0.3 is 9.47 Å². The standard InChI is InChI=1S/C18H26F2O2/c1-12-10-21-18(22-11-12)16-8-4-14(5-9-16)13-2-6-15(7-3-13)17(19)20/h4-5,8,12-13,15-18H,2-3,6-7,9-11H2,1H3. The molecule has 2 fully saturated rings.